The largest absolute Gasteiger partial charge is 0.497 e. The summed E-state index contributed by atoms with van der Waals surface area (Å²) in [5, 5.41) is 2.77. The molecule has 0 spiro atoms. The molecule has 7 heteroatoms. The second-order valence-electron chi connectivity index (χ2n) is 5.92. The Hall–Kier alpha value is -3.09. The van der Waals surface area contributed by atoms with E-state index in [1.807, 2.05) is 12.1 Å². The predicted molar refractivity (Wildman–Crippen MR) is 93.7 cm³/mol. The SMILES string of the molecule is COc1ccc(CC(=O)NCC2CN(c3ccc(F)cc3)C(=O)O2)cc1. The van der Waals surface area contributed by atoms with Gasteiger partial charge in [0.25, 0.3) is 0 Å². The number of hydrogen-bond donors (Lipinski definition) is 1. The molecule has 3 rings (SSSR count). The molecule has 0 aliphatic carbocycles. The summed E-state index contributed by atoms with van der Waals surface area (Å²) in [6.45, 7) is 0.520. The van der Waals surface area contributed by atoms with E-state index < -0.39 is 12.2 Å². The van der Waals surface area contributed by atoms with Crippen LogP contribution in [0.25, 0.3) is 0 Å². The van der Waals surface area contributed by atoms with E-state index in [1.165, 1.54) is 29.2 Å². The number of carbonyl (C=O) groups is 2. The number of carbonyl (C=O) groups excluding carboxylic acids is 2. The molecule has 0 saturated carbocycles. The van der Waals surface area contributed by atoms with Crippen molar-refractivity contribution < 1.29 is 23.5 Å². The molecule has 2 amide bonds. The first-order valence-corrected chi connectivity index (χ1v) is 8.18. The van der Waals surface area contributed by atoms with Gasteiger partial charge in [-0.1, -0.05) is 12.1 Å². The van der Waals surface area contributed by atoms with E-state index in [1.54, 1.807) is 19.2 Å². The number of ether oxygens (including phenoxy) is 2. The van der Waals surface area contributed by atoms with Crippen LogP contribution in [0.3, 0.4) is 0 Å². The summed E-state index contributed by atoms with van der Waals surface area (Å²) in [6, 6.07) is 12.8. The van der Waals surface area contributed by atoms with Gasteiger partial charge in [0.1, 0.15) is 17.7 Å². The number of halogens is 1. The van der Waals surface area contributed by atoms with Gasteiger partial charge in [-0.05, 0) is 42.0 Å². The fourth-order valence-electron chi connectivity index (χ4n) is 2.68. The Morgan fingerprint density at radius 1 is 1.23 bits per heavy atom. The molecular weight excluding hydrogens is 339 g/mol. The van der Waals surface area contributed by atoms with Crippen LogP contribution in [-0.4, -0.2) is 38.3 Å². The monoisotopic (exact) mass is 358 g/mol. The summed E-state index contributed by atoms with van der Waals surface area (Å²) in [4.78, 5) is 25.4. The molecule has 26 heavy (non-hydrogen) atoms. The van der Waals surface area contributed by atoms with Crippen LogP contribution in [0, 0.1) is 5.82 Å². The molecule has 0 aromatic heterocycles. The van der Waals surface area contributed by atoms with E-state index in [4.69, 9.17) is 9.47 Å². The molecule has 6 nitrogen and oxygen atoms in total. The van der Waals surface area contributed by atoms with Gasteiger partial charge in [-0.3, -0.25) is 9.69 Å². The molecule has 1 aliphatic heterocycles. The third kappa shape index (κ3) is 4.30. The molecule has 0 bridgehead atoms. The average Bonchev–Trinajstić information content (AvgIpc) is 3.02. The first-order chi connectivity index (χ1) is 12.5. The molecule has 1 unspecified atom stereocenters. The number of cyclic esters (lactones) is 1. The number of amides is 2. The minimum atomic E-state index is -0.508. The Morgan fingerprint density at radius 2 is 1.92 bits per heavy atom. The van der Waals surface area contributed by atoms with Gasteiger partial charge in [-0.2, -0.15) is 0 Å². The highest BCUT2D eigenvalue weighted by atomic mass is 19.1. The maximum Gasteiger partial charge on any atom is 0.414 e. The molecule has 1 aliphatic rings. The highest BCUT2D eigenvalue weighted by molar-refractivity contribution is 5.89. The summed E-state index contributed by atoms with van der Waals surface area (Å²) in [6.07, 6.45) is -0.731. The van der Waals surface area contributed by atoms with Crippen LogP contribution in [-0.2, 0) is 16.0 Å². The van der Waals surface area contributed by atoms with Crippen LogP contribution in [0.1, 0.15) is 5.56 Å². The normalized spacial score (nSPS) is 16.3. The third-order valence-electron chi connectivity index (χ3n) is 4.06. The Labute approximate surface area is 150 Å². The molecule has 136 valence electrons. The van der Waals surface area contributed by atoms with Crippen LogP contribution in [0.5, 0.6) is 5.75 Å². The standard InChI is InChI=1S/C19H19FN2O4/c1-25-16-8-2-13(3-9-16)10-18(23)21-11-17-12-22(19(24)26-17)15-6-4-14(20)5-7-15/h2-9,17H,10-12H2,1H3,(H,21,23). The van der Waals surface area contributed by atoms with Crippen molar-refractivity contribution in [3.05, 3.63) is 59.9 Å². The topological polar surface area (TPSA) is 67.9 Å². The van der Waals surface area contributed by atoms with E-state index in [-0.39, 0.29) is 24.7 Å². The highest BCUT2D eigenvalue weighted by Gasteiger charge is 2.32. The summed E-state index contributed by atoms with van der Waals surface area (Å²) < 4.78 is 23.3. The molecule has 1 N–H and O–H groups in total. The zero-order valence-corrected chi connectivity index (χ0v) is 14.3. The zero-order chi connectivity index (χ0) is 18.5. The lowest BCUT2D eigenvalue weighted by Crippen LogP contribution is -2.35. The predicted octanol–water partition coefficient (Wildman–Crippen LogP) is 2.52. The van der Waals surface area contributed by atoms with Crippen LogP contribution < -0.4 is 15.0 Å². The van der Waals surface area contributed by atoms with E-state index in [0.717, 1.165) is 11.3 Å². The van der Waals surface area contributed by atoms with Crippen LogP contribution in [0.2, 0.25) is 0 Å². The van der Waals surface area contributed by atoms with Crippen molar-refractivity contribution >= 4 is 17.7 Å². The first-order valence-electron chi connectivity index (χ1n) is 8.18. The van der Waals surface area contributed by atoms with Crippen molar-refractivity contribution in [3.63, 3.8) is 0 Å². The summed E-state index contributed by atoms with van der Waals surface area (Å²) in [7, 11) is 1.58. The Balaban J connectivity index is 1.49. The van der Waals surface area contributed by atoms with E-state index >= 15 is 0 Å². The summed E-state index contributed by atoms with van der Waals surface area (Å²) in [5.74, 6) is 0.197. The summed E-state index contributed by atoms with van der Waals surface area (Å²) in [5.41, 5.74) is 1.42. The average molecular weight is 358 g/mol. The van der Waals surface area contributed by atoms with Crippen molar-refractivity contribution in [2.45, 2.75) is 12.5 Å². The van der Waals surface area contributed by atoms with Gasteiger partial charge in [-0.15, -0.1) is 0 Å². The van der Waals surface area contributed by atoms with Gasteiger partial charge in [0.2, 0.25) is 5.91 Å². The number of nitrogens with zero attached hydrogens (tertiary/aromatic N) is 1. The molecular formula is C19H19FN2O4. The second-order valence-corrected chi connectivity index (χ2v) is 5.92. The number of benzene rings is 2. The molecule has 2 aromatic rings. The Kier molecular flexibility index (Phi) is 5.36. The zero-order valence-electron chi connectivity index (χ0n) is 14.3. The summed E-state index contributed by atoms with van der Waals surface area (Å²) >= 11 is 0. The molecule has 1 heterocycles. The minimum Gasteiger partial charge on any atom is -0.497 e. The van der Waals surface area contributed by atoms with Crippen molar-refractivity contribution in [1.29, 1.82) is 0 Å². The number of hydrogen-bond acceptors (Lipinski definition) is 4. The van der Waals surface area contributed by atoms with Crippen molar-refractivity contribution in [3.8, 4) is 5.75 Å². The van der Waals surface area contributed by atoms with Gasteiger partial charge in [-0.25, -0.2) is 9.18 Å². The fourth-order valence-corrected chi connectivity index (χ4v) is 2.68. The number of nitrogens with one attached hydrogen (secondary N) is 1. The van der Waals surface area contributed by atoms with Gasteiger partial charge in [0, 0.05) is 5.69 Å². The van der Waals surface area contributed by atoms with E-state index in [9.17, 15) is 14.0 Å². The van der Waals surface area contributed by atoms with Crippen LogP contribution >= 0.6 is 0 Å². The minimum absolute atomic E-state index is 0.161. The molecule has 0 radical (unpaired) electrons. The van der Waals surface area contributed by atoms with Gasteiger partial charge < -0.3 is 14.8 Å². The van der Waals surface area contributed by atoms with Crippen molar-refractivity contribution in [2.24, 2.45) is 0 Å². The third-order valence-corrected chi connectivity index (χ3v) is 4.06. The Bertz CT molecular complexity index is 777. The number of methoxy groups -OCH3 is 1. The van der Waals surface area contributed by atoms with E-state index in [0.29, 0.717) is 12.2 Å². The molecule has 1 fully saturated rings. The smallest absolute Gasteiger partial charge is 0.414 e. The van der Waals surface area contributed by atoms with Crippen molar-refractivity contribution in [2.75, 3.05) is 25.1 Å². The van der Waals surface area contributed by atoms with Gasteiger partial charge in [0.15, 0.2) is 0 Å². The lowest BCUT2D eigenvalue weighted by molar-refractivity contribution is -0.120. The van der Waals surface area contributed by atoms with Crippen molar-refractivity contribution in [1.82, 2.24) is 5.32 Å². The fraction of sp³-hybridized carbons (Fsp3) is 0.263. The molecule has 1 atom stereocenters. The van der Waals surface area contributed by atoms with Crippen LogP contribution in [0.4, 0.5) is 14.9 Å². The number of rotatable bonds is 6. The van der Waals surface area contributed by atoms with E-state index in [2.05, 4.69) is 5.32 Å². The molecule has 1 saturated heterocycles. The quantitative estimate of drug-likeness (QED) is 0.862. The molecule has 2 aromatic carbocycles. The van der Waals surface area contributed by atoms with Gasteiger partial charge >= 0.3 is 6.09 Å². The lowest BCUT2D eigenvalue weighted by atomic mass is 10.1. The maximum atomic E-state index is 13.0. The highest BCUT2D eigenvalue weighted by Crippen LogP contribution is 2.21. The number of anilines is 1. The Morgan fingerprint density at radius 3 is 2.58 bits per heavy atom. The first kappa shape index (κ1) is 17.7. The maximum absolute atomic E-state index is 13.0. The van der Waals surface area contributed by atoms with Gasteiger partial charge in [0.05, 0.1) is 26.6 Å². The second kappa shape index (κ2) is 7.86. The van der Waals surface area contributed by atoms with Crippen LogP contribution in [0.15, 0.2) is 48.5 Å². The lowest BCUT2D eigenvalue weighted by Gasteiger charge is -2.13.